The number of ether oxygens (including phenoxy) is 2. The van der Waals surface area contributed by atoms with Crippen LogP contribution < -0.4 is 5.32 Å². The fraction of sp³-hybridized carbons (Fsp3) is 0.917. The van der Waals surface area contributed by atoms with Gasteiger partial charge in [0.1, 0.15) is 11.2 Å². The van der Waals surface area contributed by atoms with Crippen LogP contribution in [0.1, 0.15) is 33.1 Å². The van der Waals surface area contributed by atoms with E-state index in [4.69, 9.17) is 9.47 Å². The lowest BCUT2D eigenvalue weighted by atomic mass is 9.95. The molecule has 3 unspecified atom stereocenters. The Morgan fingerprint density at radius 1 is 1.47 bits per heavy atom. The summed E-state index contributed by atoms with van der Waals surface area (Å²) in [5.41, 5.74) is -1.66. The zero-order chi connectivity index (χ0) is 12.5. The second kappa shape index (κ2) is 4.55. The molecule has 0 spiro atoms. The van der Waals surface area contributed by atoms with Gasteiger partial charge in [-0.05, 0) is 26.7 Å². The first kappa shape index (κ1) is 12.8. The van der Waals surface area contributed by atoms with E-state index in [0.29, 0.717) is 19.6 Å². The monoisotopic (exact) mass is 243 g/mol. The molecule has 5 heteroatoms. The van der Waals surface area contributed by atoms with Gasteiger partial charge in [-0.2, -0.15) is 0 Å². The third-order valence-electron chi connectivity index (χ3n) is 3.91. The number of aliphatic hydroxyl groups is 1. The number of hydrogen-bond acceptors (Lipinski definition) is 4. The summed E-state index contributed by atoms with van der Waals surface area (Å²) in [6.07, 6.45) is 1.98. The molecule has 0 bridgehead atoms. The SMILES string of the molecule is CC1OCCC1(O)CNC(=O)C1(C)CCCO1. The zero-order valence-corrected chi connectivity index (χ0v) is 10.5. The van der Waals surface area contributed by atoms with Gasteiger partial charge >= 0.3 is 0 Å². The predicted octanol–water partition coefficient (Wildman–Crippen LogP) is 0.212. The summed E-state index contributed by atoms with van der Waals surface area (Å²) in [6.45, 7) is 5.03. The lowest BCUT2D eigenvalue weighted by Gasteiger charge is -2.29. The molecule has 1 amide bonds. The maximum atomic E-state index is 12.0. The van der Waals surface area contributed by atoms with Crippen LogP contribution in [0, 0.1) is 0 Å². The van der Waals surface area contributed by atoms with Crippen LogP contribution in [-0.2, 0) is 14.3 Å². The summed E-state index contributed by atoms with van der Waals surface area (Å²) in [4.78, 5) is 12.0. The average molecular weight is 243 g/mol. The number of hydrogen-bond donors (Lipinski definition) is 2. The Kier molecular flexibility index (Phi) is 3.43. The molecular weight excluding hydrogens is 222 g/mol. The molecule has 2 saturated heterocycles. The van der Waals surface area contributed by atoms with Gasteiger partial charge in [-0.25, -0.2) is 0 Å². The minimum absolute atomic E-state index is 0.137. The highest BCUT2D eigenvalue weighted by molar-refractivity contribution is 5.85. The van der Waals surface area contributed by atoms with E-state index in [2.05, 4.69) is 5.32 Å². The van der Waals surface area contributed by atoms with Gasteiger partial charge in [-0.3, -0.25) is 4.79 Å². The van der Waals surface area contributed by atoms with E-state index in [1.54, 1.807) is 6.92 Å². The van der Waals surface area contributed by atoms with Crippen molar-refractivity contribution in [2.24, 2.45) is 0 Å². The number of carbonyl (C=O) groups excluding carboxylic acids is 1. The van der Waals surface area contributed by atoms with Crippen LogP contribution in [0.4, 0.5) is 0 Å². The maximum Gasteiger partial charge on any atom is 0.252 e. The fourth-order valence-corrected chi connectivity index (χ4v) is 2.38. The zero-order valence-electron chi connectivity index (χ0n) is 10.5. The van der Waals surface area contributed by atoms with Crippen LogP contribution in [0.5, 0.6) is 0 Å². The lowest BCUT2D eigenvalue weighted by molar-refractivity contribution is -0.141. The summed E-state index contributed by atoms with van der Waals surface area (Å²) in [6, 6.07) is 0. The largest absolute Gasteiger partial charge is 0.385 e. The molecule has 2 heterocycles. The highest BCUT2D eigenvalue weighted by atomic mass is 16.5. The third kappa shape index (κ3) is 2.46. The minimum atomic E-state index is -0.940. The van der Waals surface area contributed by atoms with Crippen molar-refractivity contribution in [1.29, 1.82) is 0 Å². The van der Waals surface area contributed by atoms with E-state index in [0.717, 1.165) is 12.8 Å². The van der Waals surface area contributed by atoms with Crippen LogP contribution >= 0.6 is 0 Å². The van der Waals surface area contributed by atoms with Crippen molar-refractivity contribution in [3.05, 3.63) is 0 Å². The molecule has 0 aromatic rings. The summed E-state index contributed by atoms with van der Waals surface area (Å²) < 4.78 is 10.8. The van der Waals surface area contributed by atoms with Gasteiger partial charge in [0.15, 0.2) is 0 Å². The molecule has 2 rings (SSSR count). The van der Waals surface area contributed by atoms with Gasteiger partial charge in [0.2, 0.25) is 0 Å². The molecule has 3 atom stereocenters. The summed E-state index contributed by atoms with van der Waals surface area (Å²) >= 11 is 0. The van der Waals surface area contributed by atoms with E-state index in [-0.39, 0.29) is 18.6 Å². The molecule has 2 fully saturated rings. The number of carbonyl (C=O) groups is 1. The molecular formula is C12H21NO4. The molecule has 2 N–H and O–H groups in total. The molecule has 5 nitrogen and oxygen atoms in total. The molecule has 2 aliphatic heterocycles. The van der Waals surface area contributed by atoms with Crippen molar-refractivity contribution >= 4 is 5.91 Å². The van der Waals surface area contributed by atoms with Crippen LogP contribution in [0.15, 0.2) is 0 Å². The number of rotatable bonds is 3. The first-order valence-corrected chi connectivity index (χ1v) is 6.23. The van der Waals surface area contributed by atoms with Gasteiger partial charge in [-0.1, -0.05) is 0 Å². The number of nitrogens with one attached hydrogen (secondary N) is 1. The quantitative estimate of drug-likeness (QED) is 0.743. The van der Waals surface area contributed by atoms with Crippen LogP contribution in [0.2, 0.25) is 0 Å². The number of amides is 1. The Morgan fingerprint density at radius 2 is 2.24 bits per heavy atom. The molecule has 17 heavy (non-hydrogen) atoms. The van der Waals surface area contributed by atoms with Crippen molar-refractivity contribution in [2.45, 2.75) is 50.4 Å². The van der Waals surface area contributed by atoms with E-state index in [9.17, 15) is 9.90 Å². The van der Waals surface area contributed by atoms with Gasteiger partial charge in [0.25, 0.3) is 5.91 Å². The molecule has 0 saturated carbocycles. The summed E-state index contributed by atoms with van der Waals surface area (Å²) in [7, 11) is 0. The highest BCUT2D eigenvalue weighted by Crippen LogP contribution is 2.27. The van der Waals surface area contributed by atoms with Crippen LogP contribution in [0.3, 0.4) is 0 Å². The Labute approximate surface area is 101 Å². The first-order valence-electron chi connectivity index (χ1n) is 6.23. The third-order valence-corrected chi connectivity index (χ3v) is 3.91. The van der Waals surface area contributed by atoms with Gasteiger partial charge in [-0.15, -0.1) is 0 Å². The van der Waals surface area contributed by atoms with Gasteiger partial charge < -0.3 is 19.9 Å². The Morgan fingerprint density at radius 3 is 2.76 bits per heavy atom. The first-order chi connectivity index (χ1) is 7.96. The average Bonchev–Trinajstić information content (AvgIpc) is 2.86. The standard InChI is InChI=1S/C12H21NO4/c1-9-12(15,5-7-16-9)8-13-10(14)11(2)4-3-6-17-11/h9,15H,3-8H2,1-2H3,(H,13,14). The Bertz CT molecular complexity index is 301. The van der Waals surface area contributed by atoms with Crippen molar-refractivity contribution in [3.8, 4) is 0 Å². The topological polar surface area (TPSA) is 67.8 Å². The highest BCUT2D eigenvalue weighted by Gasteiger charge is 2.42. The van der Waals surface area contributed by atoms with E-state index in [1.165, 1.54) is 0 Å². The van der Waals surface area contributed by atoms with Crippen molar-refractivity contribution in [3.63, 3.8) is 0 Å². The minimum Gasteiger partial charge on any atom is -0.385 e. The molecule has 2 aliphatic rings. The van der Waals surface area contributed by atoms with E-state index >= 15 is 0 Å². The molecule has 0 radical (unpaired) electrons. The van der Waals surface area contributed by atoms with Gasteiger partial charge in [0.05, 0.1) is 6.10 Å². The molecule has 0 aromatic carbocycles. The molecule has 0 aliphatic carbocycles. The second-order valence-electron chi connectivity index (χ2n) is 5.23. The summed E-state index contributed by atoms with van der Waals surface area (Å²) in [5.74, 6) is -0.137. The Balaban J connectivity index is 1.87. The maximum absolute atomic E-state index is 12.0. The van der Waals surface area contributed by atoms with E-state index in [1.807, 2.05) is 6.92 Å². The summed E-state index contributed by atoms with van der Waals surface area (Å²) in [5, 5.41) is 13.0. The second-order valence-corrected chi connectivity index (χ2v) is 5.23. The van der Waals surface area contributed by atoms with Crippen LogP contribution in [-0.4, -0.2) is 48.1 Å². The van der Waals surface area contributed by atoms with Crippen LogP contribution in [0.25, 0.3) is 0 Å². The molecule has 0 aromatic heterocycles. The van der Waals surface area contributed by atoms with Crippen molar-refractivity contribution in [1.82, 2.24) is 5.32 Å². The molecule has 98 valence electrons. The lowest BCUT2D eigenvalue weighted by Crippen LogP contribution is -2.52. The van der Waals surface area contributed by atoms with E-state index < -0.39 is 11.2 Å². The predicted molar refractivity (Wildman–Crippen MR) is 61.6 cm³/mol. The van der Waals surface area contributed by atoms with Gasteiger partial charge in [0, 0.05) is 26.2 Å². The Hall–Kier alpha value is -0.650. The van der Waals surface area contributed by atoms with Crippen molar-refractivity contribution in [2.75, 3.05) is 19.8 Å². The van der Waals surface area contributed by atoms with Crippen molar-refractivity contribution < 1.29 is 19.4 Å². The fourth-order valence-electron chi connectivity index (χ4n) is 2.38. The normalized spacial score (nSPS) is 41.7. The smallest absolute Gasteiger partial charge is 0.252 e.